The van der Waals surface area contributed by atoms with Gasteiger partial charge in [-0.15, -0.1) is 0 Å². The molecule has 0 aliphatic carbocycles. The molecule has 0 aliphatic rings. The van der Waals surface area contributed by atoms with Gasteiger partial charge in [0.1, 0.15) is 11.3 Å². The normalized spacial score (nSPS) is 12.1. The molecule has 1 atom stereocenters. The van der Waals surface area contributed by atoms with Crippen LogP contribution in [0.2, 0.25) is 0 Å². The van der Waals surface area contributed by atoms with E-state index in [2.05, 4.69) is 13.8 Å². The fourth-order valence-corrected chi connectivity index (χ4v) is 2.19. The Kier molecular flexibility index (Phi) is 7.83. The van der Waals surface area contributed by atoms with E-state index in [4.69, 9.17) is 14.6 Å². The molecule has 1 aromatic rings. The van der Waals surface area contributed by atoms with Gasteiger partial charge in [-0.1, -0.05) is 38.7 Å². The molecule has 0 radical (unpaired) electrons. The Morgan fingerprint density at radius 3 is 2.67 bits per heavy atom. The van der Waals surface area contributed by atoms with E-state index in [0.29, 0.717) is 12.4 Å². The van der Waals surface area contributed by atoms with E-state index in [1.807, 2.05) is 6.07 Å². The number of ether oxygens (including phenoxy) is 2. The number of carboxylic acid groups (broad SMARTS) is 1. The van der Waals surface area contributed by atoms with Gasteiger partial charge in [0.05, 0.1) is 19.8 Å². The molecule has 0 bridgehead atoms. The van der Waals surface area contributed by atoms with E-state index in [1.165, 1.54) is 32.8 Å². The van der Waals surface area contributed by atoms with Crippen molar-refractivity contribution in [2.75, 3.05) is 7.11 Å². The third kappa shape index (κ3) is 6.17. The molecule has 4 nitrogen and oxygen atoms in total. The summed E-state index contributed by atoms with van der Waals surface area (Å²) < 4.78 is 10.8. The zero-order valence-corrected chi connectivity index (χ0v) is 13.2. The van der Waals surface area contributed by atoms with Gasteiger partial charge in [0, 0.05) is 0 Å². The lowest BCUT2D eigenvalue weighted by Gasteiger charge is -2.14. The first kappa shape index (κ1) is 17.5. The monoisotopic (exact) mass is 294 g/mol. The van der Waals surface area contributed by atoms with Crippen LogP contribution in [0.4, 0.5) is 0 Å². The molecular formula is C17H26O4. The molecule has 0 saturated heterocycles. The van der Waals surface area contributed by atoms with Crippen LogP contribution in [0.3, 0.4) is 0 Å². The Bertz CT molecular complexity index is 442. The van der Waals surface area contributed by atoms with Crippen LogP contribution in [-0.4, -0.2) is 24.3 Å². The van der Waals surface area contributed by atoms with Gasteiger partial charge in [-0.25, -0.2) is 4.79 Å². The van der Waals surface area contributed by atoms with Gasteiger partial charge in [-0.3, -0.25) is 0 Å². The first-order chi connectivity index (χ1) is 10.1. The topological polar surface area (TPSA) is 55.8 Å². The number of aromatic carboxylic acids is 1. The van der Waals surface area contributed by atoms with Crippen LogP contribution < -0.4 is 4.74 Å². The van der Waals surface area contributed by atoms with Crippen LogP contribution in [-0.2, 0) is 11.3 Å². The minimum Gasteiger partial charge on any atom is -0.496 e. The fourth-order valence-electron chi connectivity index (χ4n) is 2.19. The number of methoxy groups -OCH3 is 1. The zero-order chi connectivity index (χ0) is 15.7. The highest BCUT2D eigenvalue weighted by atomic mass is 16.5. The summed E-state index contributed by atoms with van der Waals surface area (Å²) in [6.45, 7) is 4.69. The number of benzene rings is 1. The van der Waals surface area contributed by atoms with Crippen LogP contribution in [0.5, 0.6) is 5.75 Å². The summed E-state index contributed by atoms with van der Waals surface area (Å²) in [6, 6.07) is 5.13. The largest absolute Gasteiger partial charge is 0.496 e. The standard InChI is InChI=1S/C17H26O4/c1-4-5-6-7-8-13(2)21-12-14-9-10-16(20-3)15(11-14)17(18)19/h9-11,13H,4-8,12H2,1-3H3,(H,18,19). The van der Waals surface area contributed by atoms with Crippen molar-refractivity contribution in [1.29, 1.82) is 0 Å². The number of carboxylic acids is 1. The lowest BCUT2D eigenvalue weighted by molar-refractivity contribution is 0.0458. The van der Waals surface area contributed by atoms with Crippen molar-refractivity contribution in [3.63, 3.8) is 0 Å². The molecule has 0 spiro atoms. The van der Waals surface area contributed by atoms with E-state index >= 15 is 0 Å². The third-order valence-corrected chi connectivity index (χ3v) is 3.49. The Morgan fingerprint density at radius 2 is 2.05 bits per heavy atom. The van der Waals surface area contributed by atoms with Crippen LogP contribution >= 0.6 is 0 Å². The molecule has 0 saturated carbocycles. The summed E-state index contributed by atoms with van der Waals surface area (Å²) in [5.74, 6) is -0.611. The maximum atomic E-state index is 11.2. The highest BCUT2D eigenvalue weighted by molar-refractivity contribution is 5.91. The zero-order valence-electron chi connectivity index (χ0n) is 13.2. The second-order valence-corrected chi connectivity index (χ2v) is 5.31. The lowest BCUT2D eigenvalue weighted by Crippen LogP contribution is -2.09. The summed E-state index contributed by atoms with van der Waals surface area (Å²) >= 11 is 0. The summed E-state index contributed by atoms with van der Waals surface area (Å²) in [4.78, 5) is 11.2. The van der Waals surface area contributed by atoms with Crippen molar-refractivity contribution >= 4 is 5.97 Å². The summed E-state index contributed by atoms with van der Waals surface area (Å²) in [7, 11) is 1.47. The summed E-state index contributed by atoms with van der Waals surface area (Å²) in [5.41, 5.74) is 1.03. The van der Waals surface area contributed by atoms with E-state index in [9.17, 15) is 4.79 Å². The summed E-state index contributed by atoms with van der Waals surface area (Å²) in [6.07, 6.45) is 6.17. The van der Waals surface area contributed by atoms with Crippen LogP contribution in [0.25, 0.3) is 0 Å². The number of hydrogen-bond acceptors (Lipinski definition) is 3. The van der Waals surface area contributed by atoms with Gasteiger partial charge >= 0.3 is 5.97 Å². The number of unbranched alkanes of at least 4 members (excludes halogenated alkanes) is 3. The number of carbonyl (C=O) groups is 1. The van der Waals surface area contributed by atoms with Crippen LogP contribution in [0.1, 0.15) is 61.9 Å². The van der Waals surface area contributed by atoms with Crippen LogP contribution in [0, 0.1) is 0 Å². The third-order valence-electron chi connectivity index (χ3n) is 3.49. The molecule has 1 unspecified atom stereocenters. The molecule has 0 amide bonds. The van der Waals surface area contributed by atoms with E-state index in [-0.39, 0.29) is 11.7 Å². The highest BCUT2D eigenvalue weighted by Gasteiger charge is 2.12. The molecule has 1 aromatic carbocycles. The molecule has 0 heterocycles. The fraction of sp³-hybridized carbons (Fsp3) is 0.588. The van der Waals surface area contributed by atoms with Gasteiger partial charge < -0.3 is 14.6 Å². The van der Waals surface area contributed by atoms with Crippen molar-refractivity contribution in [2.24, 2.45) is 0 Å². The molecule has 1 N–H and O–H groups in total. The van der Waals surface area contributed by atoms with E-state index in [0.717, 1.165) is 12.0 Å². The van der Waals surface area contributed by atoms with Crippen molar-refractivity contribution in [3.05, 3.63) is 29.3 Å². The molecule has 0 aromatic heterocycles. The second-order valence-electron chi connectivity index (χ2n) is 5.31. The maximum Gasteiger partial charge on any atom is 0.339 e. The second kappa shape index (κ2) is 9.40. The molecule has 118 valence electrons. The predicted molar refractivity (Wildman–Crippen MR) is 83.0 cm³/mol. The van der Waals surface area contributed by atoms with Gasteiger partial charge in [-0.05, 0) is 31.0 Å². The number of rotatable bonds is 10. The van der Waals surface area contributed by atoms with E-state index in [1.54, 1.807) is 12.1 Å². The average Bonchev–Trinajstić information content (AvgIpc) is 2.49. The molecule has 0 aliphatic heterocycles. The van der Waals surface area contributed by atoms with Crippen molar-refractivity contribution < 1.29 is 19.4 Å². The lowest BCUT2D eigenvalue weighted by atomic mass is 10.1. The first-order valence-corrected chi connectivity index (χ1v) is 7.60. The van der Waals surface area contributed by atoms with Gasteiger partial charge in [-0.2, -0.15) is 0 Å². The maximum absolute atomic E-state index is 11.2. The molecule has 0 fully saturated rings. The number of hydrogen-bond donors (Lipinski definition) is 1. The van der Waals surface area contributed by atoms with Gasteiger partial charge in [0.15, 0.2) is 0 Å². The van der Waals surface area contributed by atoms with Crippen molar-refractivity contribution in [2.45, 2.75) is 58.7 Å². The Hall–Kier alpha value is -1.55. The van der Waals surface area contributed by atoms with Crippen molar-refractivity contribution in [1.82, 2.24) is 0 Å². The minimum atomic E-state index is -0.985. The first-order valence-electron chi connectivity index (χ1n) is 7.60. The highest BCUT2D eigenvalue weighted by Crippen LogP contribution is 2.21. The average molecular weight is 294 g/mol. The van der Waals surface area contributed by atoms with Crippen molar-refractivity contribution in [3.8, 4) is 5.75 Å². The Balaban J connectivity index is 2.48. The quantitative estimate of drug-likeness (QED) is 0.655. The van der Waals surface area contributed by atoms with Gasteiger partial charge in [0.25, 0.3) is 0 Å². The Morgan fingerprint density at radius 1 is 1.29 bits per heavy atom. The van der Waals surface area contributed by atoms with Gasteiger partial charge in [0.2, 0.25) is 0 Å². The predicted octanol–water partition coefficient (Wildman–Crippen LogP) is 4.27. The smallest absolute Gasteiger partial charge is 0.339 e. The Labute approximate surface area is 127 Å². The molecule has 21 heavy (non-hydrogen) atoms. The summed E-state index contributed by atoms with van der Waals surface area (Å²) in [5, 5.41) is 9.14. The molecule has 4 heteroatoms. The molecule has 1 rings (SSSR count). The molecular weight excluding hydrogens is 268 g/mol. The SMILES string of the molecule is CCCCCCC(C)OCc1ccc(OC)c(C(=O)O)c1. The van der Waals surface area contributed by atoms with Crippen LogP contribution in [0.15, 0.2) is 18.2 Å². The minimum absolute atomic E-state index is 0.175. The van der Waals surface area contributed by atoms with E-state index < -0.39 is 5.97 Å².